The topological polar surface area (TPSA) is 256 Å². The summed E-state index contributed by atoms with van der Waals surface area (Å²) in [6, 6.07) is 146. The van der Waals surface area contributed by atoms with Crippen LogP contribution in [0.15, 0.2) is 446 Å². The van der Waals surface area contributed by atoms with Gasteiger partial charge in [0.25, 0.3) is 11.9 Å². The van der Waals surface area contributed by atoms with Crippen molar-refractivity contribution in [3.63, 3.8) is 0 Å². The van der Waals surface area contributed by atoms with Gasteiger partial charge in [0, 0.05) is 95.4 Å². The van der Waals surface area contributed by atoms with Crippen LogP contribution in [0.3, 0.4) is 0 Å². The molecule has 2 aliphatic heterocycles. The van der Waals surface area contributed by atoms with Crippen molar-refractivity contribution in [2.24, 2.45) is 0 Å². The van der Waals surface area contributed by atoms with Crippen LogP contribution in [0.4, 0.5) is 32.3 Å². The number of hydrogen-bond donors (Lipinski definition) is 6. The van der Waals surface area contributed by atoms with Crippen LogP contribution in [0.5, 0.6) is 0 Å². The molecule has 4 heterocycles. The van der Waals surface area contributed by atoms with E-state index < -0.39 is 43.6 Å². The number of aryl methyl sites for hydroxylation is 4. The summed E-state index contributed by atoms with van der Waals surface area (Å²) in [7, 11) is -1.78. The second-order valence-corrected chi connectivity index (χ2v) is 42.8. The molecule has 1 radical (unpaired) electrons. The Balaban J connectivity index is 0.000000219. The fourth-order valence-corrected chi connectivity index (χ4v) is 24.4. The number of aliphatic carboxylic acids is 2. The van der Waals surface area contributed by atoms with Crippen LogP contribution in [0.2, 0.25) is 0 Å². The first-order valence-electron chi connectivity index (χ1n) is 45.0. The molecule has 2 saturated heterocycles. The van der Waals surface area contributed by atoms with Gasteiger partial charge in [0.05, 0.1) is 44.7 Å². The number of thiazole rings is 2. The van der Waals surface area contributed by atoms with Gasteiger partial charge in [-0.15, -0.1) is 22.7 Å². The number of carbonyl (C=O) groups is 7. The Hall–Kier alpha value is -13.2. The molecule has 0 bridgehead atoms. The number of hydrogen-bond acceptors (Lipinski definition) is 13. The van der Waals surface area contributed by atoms with Gasteiger partial charge >= 0.3 is 12.2 Å². The minimum Gasteiger partial charge on any atom is -0.481 e. The van der Waals surface area contributed by atoms with Gasteiger partial charge in [-0.05, 0) is 209 Å². The number of halogens is 1. The fourth-order valence-electron chi connectivity index (χ4n) is 13.7. The quantitative estimate of drug-likeness (QED) is 0.0367. The number of benzene rings is 15. The molecule has 0 atom stereocenters. The fraction of sp³-hybridized carbons (Fsp3) is 0.112. The molecule has 143 heavy (non-hydrogen) atoms. The molecule has 0 spiro atoms. The van der Waals surface area contributed by atoms with Gasteiger partial charge < -0.3 is 41.0 Å². The molecule has 6 N–H and O–H groups in total. The number of carboxylic acid groups (broad SMARTS) is 2. The smallest absolute Gasteiger partial charge is 0.414 e. The van der Waals surface area contributed by atoms with E-state index in [-0.39, 0.29) is 67.4 Å². The number of ether oxygens (including phenoxy) is 2. The predicted octanol–water partition coefficient (Wildman–Crippen LogP) is 22.8. The third-order valence-electron chi connectivity index (χ3n) is 19.8. The Morgan fingerprint density at radius 1 is 0.343 bits per heavy atom. The Morgan fingerprint density at radius 2 is 0.601 bits per heavy atom. The van der Waals surface area contributed by atoms with Crippen molar-refractivity contribution < 1.29 is 90.7 Å². The Labute approximate surface area is 885 Å². The third kappa shape index (κ3) is 42.5. The van der Waals surface area contributed by atoms with Gasteiger partial charge in [-0.3, -0.25) is 38.8 Å². The number of cyclic esters (lactones) is 2. The number of nitrogens with zero attached hydrogens (tertiary/aromatic N) is 3. The summed E-state index contributed by atoms with van der Waals surface area (Å²) >= 11 is 6.43. The SMILES string of the molecule is Brc1cncs1.CC(=O)Nc1ccc(-c2cncs2)c(C)c1.CC(=O)Nc1ccc(C)c(C)c1.CC(=O)Nc1ccc(N2CCOC2=O)c(C)c1.CC(=O)O.CC(=O)O.O=C1NCCO1.[Cu].[Pd].c1ccc(P(c2ccccc2)c2ccccc2)cc1.c1ccc(P(c2ccccc2)c2ccccc2)cc1.c1ccc(P(c2ccccc2)c2ccccc2)cc1.c1ccc(P(c2ccccc2)c2ccccc2)cc1. The molecular weight excluding hydrogens is 2110 g/mol. The summed E-state index contributed by atoms with van der Waals surface area (Å²) in [4.78, 5) is 82.5. The van der Waals surface area contributed by atoms with Crippen molar-refractivity contribution in [3.8, 4) is 10.4 Å². The van der Waals surface area contributed by atoms with Crippen LogP contribution < -0.4 is 89.8 Å². The third-order valence-corrected chi connectivity index (χ3v) is 31.7. The number of amides is 5. The molecule has 15 aromatic carbocycles. The average Bonchev–Trinajstić information content (AvgIpc) is 1.60. The van der Waals surface area contributed by atoms with Crippen LogP contribution in [0.1, 0.15) is 56.9 Å². The van der Waals surface area contributed by atoms with E-state index in [2.05, 4.69) is 416 Å². The van der Waals surface area contributed by atoms with Gasteiger partial charge in [0.15, 0.2) is 0 Å². The first kappa shape index (κ1) is 117. The molecule has 18 nitrogen and oxygen atoms in total. The van der Waals surface area contributed by atoms with Crippen LogP contribution in [-0.2, 0) is 70.9 Å². The minimum absolute atomic E-state index is 0. The maximum Gasteiger partial charge on any atom is 0.414 e. The van der Waals surface area contributed by atoms with Gasteiger partial charge in [-0.25, -0.2) is 9.59 Å². The summed E-state index contributed by atoms with van der Waals surface area (Å²) in [5.74, 6) is -1.86. The van der Waals surface area contributed by atoms with E-state index in [1.54, 1.807) is 45.3 Å². The van der Waals surface area contributed by atoms with E-state index in [0.717, 1.165) is 62.0 Å². The second-order valence-electron chi connectivity index (χ2n) is 30.8. The Morgan fingerprint density at radius 3 is 0.790 bits per heavy atom. The molecule has 0 aliphatic carbocycles. The zero-order valence-electron chi connectivity index (χ0n) is 80.5. The first-order chi connectivity index (χ1) is 68.4. The number of carbonyl (C=O) groups excluding carboxylic acids is 5. The molecule has 5 amide bonds. The van der Waals surface area contributed by atoms with Crippen molar-refractivity contribution >= 4 is 199 Å². The molecule has 0 unspecified atom stereocenters. The van der Waals surface area contributed by atoms with E-state index in [4.69, 9.17) is 24.5 Å². The number of alkyl carbamates (subject to hydrolysis) is 1. The average molecular weight is 2220 g/mol. The van der Waals surface area contributed by atoms with Gasteiger partial charge in [0.1, 0.15) is 13.2 Å². The maximum atomic E-state index is 11.4. The van der Waals surface area contributed by atoms with E-state index in [0.29, 0.717) is 26.3 Å². The summed E-state index contributed by atoms with van der Waals surface area (Å²) in [6.45, 7) is 16.8. The number of carboxylic acids is 2. The Kier molecular flexibility index (Phi) is 53.8. The van der Waals surface area contributed by atoms with Gasteiger partial charge in [-0.1, -0.05) is 376 Å². The standard InChI is InChI=1S/4C18H15P.C12H14N2O3.C12H12N2OS.C10H13NO.C3H2BrNS.C3H5NO2.2C2H4O2.Cu.Pd/c4*1-4-10-16(11-5-1)19(17-12-6-2-7-13-17)18-14-8-3-9-15-18;1-8-7-10(13-9(2)15)3-4-11(8)14-5-6-17-12(14)16;1-8-5-10(14-9(2)15)3-4-11(8)12-6-13-7-16-12;1-7-4-5-10(6-8(7)2)11-9(3)12;4-3-1-5-2-6-3;5-3-4-1-2-6-3;2*1-2(3)4;;/h4*1-15H;3-4,7H,5-6H2,1-2H3,(H,13,15);3-7H,1-2H3,(H,14,15);4-6H,1-3H3,(H,11,12);1-2H;1-2H2,(H,4,5);2*1H3,(H,3,4);;. The van der Waals surface area contributed by atoms with Gasteiger partial charge in [-0.2, -0.15) is 0 Å². The normalized spacial score (nSPS) is 10.9. The van der Waals surface area contributed by atoms with Crippen molar-refractivity contribution in [1.29, 1.82) is 0 Å². The molecule has 17 aromatic rings. The van der Waals surface area contributed by atoms with Crippen LogP contribution in [-0.4, -0.2) is 88.3 Å². The first-order valence-corrected chi connectivity index (χ1v) is 52.9. The molecule has 2 aliphatic rings. The van der Waals surface area contributed by atoms with Crippen molar-refractivity contribution in [3.05, 3.63) is 468 Å². The second kappa shape index (κ2) is 65.8. The largest absolute Gasteiger partial charge is 0.481 e. The number of nitrogens with one attached hydrogen (secondary N) is 4. The van der Waals surface area contributed by atoms with Crippen molar-refractivity contribution in [2.75, 3.05) is 47.2 Å². The molecule has 27 heteroatoms. The zero-order chi connectivity index (χ0) is 101. The van der Waals surface area contributed by atoms with Gasteiger partial charge in [0.2, 0.25) is 17.7 Å². The Bertz CT molecular complexity index is 5690. The molecule has 2 fully saturated rings. The van der Waals surface area contributed by atoms with E-state index >= 15 is 0 Å². The number of aromatic nitrogens is 2. The van der Waals surface area contributed by atoms with E-state index in [1.165, 1.54) is 95.6 Å². The number of anilines is 4. The molecular formula is C116H114BrCuN7O11P4PdS2. The van der Waals surface area contributed by atoms with Crippen molar-refractivity contribution in [1.82, 2.24) is 15.3 Å². The molecule has 0 saturated carbocycles. The van der Waals surface area contributed by atoms with E-state index in [1.807, 2.05) is 87.9 Å². The molecule has 19 rings (SSSR count). The molecule has 2 aromatic heterocycles. The predicted molar refractivity (Wildman–Crippen MR) is 597 cm³/mol. The minimum atomic E-state index is -0.833. The summed E-state index contributed by atoms with van der Waals surface area (Å²) in [5.41, 5.74) is 12.5. The zero-order valence-corrected chi connectivity index (χ0v) is 89.8. The van der Waals surface area contributed by atoms with Crippen LogP contribution in [0.25, 0.3) is 10.4 Å². The molecule has 739 valence electrons. The summed E-state index contributed by atoms with van der Waals surface area (Å²) < 4.78 is 10.4. The van der Waals surface area contributed by atoms with Crippen molar-refractivity contribution in [2.45, 2.75) is 62.3 Å². The van der Waals surface area contributed by atoms with E-state index in [9.17, 15) is 24.0 Å². The van der Waals surface area contributed by atoms with Crippen LogP contribution >= 0.6 is 70.3 Å². The maximum absolute atomic E-state index is 11.4. The summed E-state index contributed by atoms with van der Waals surface area (Å²) in [6.07, 6.45) is 3.01. The summed E-state index contributed by atoms with van der Waals surface area (Å²) in [5, 5.41) is 42.3. The van der Waals surface area contributed by atoms with Crippen LogP contribution in [0, 0.1) is 27.7 Å². The monoisotopic (exact) mass is 2220 g/mol. The number of rotatable bonds is 17.